The van der Waals surface area contributed by atoms with Crippen molar-refractivity contribution in [2.45, 2.75) is 17.9 Å². The number of amides is 1. The molecule has 1 heterocycles. The van der Waals surface area contributed by atoms with Gasteiger partial charge in [-0.3, -0.25) is 10.1 Å². The quantitative estimate of drug-likeness (QED) is 0.490. The van der Waals surface area contributed by atoms with E-state index in [2.05, 4.69) is 15.5 Å². The fraction of sp³-hybridized carbons (Fsp3) is 0.167. The van der Waals surface area contributed by atoms with Crippen LogP contribution in [0.1, 0.15) is 22.8 Å². The predicted octanol–water partition coefficient (Wildman–Crippen LogP) is 4.48. The van der Waals surface area contributed by atoms with Crippen LogP contribution in [-0.4, -0.2) is 21.9 Å². The molecule has 7 heteroatoms. The van der Waals surface area contributed by atoms with E-state index in [1.807, 2.05) is 49.4 Å². The first-order valence-electron chi connectivity index (χ1n) is 7.79. The Bertz CT molecular complexity index is 837. The molecule has 0 atom stereocenters. The lowest BCUT2D eigenvalue weighted by Crippen LogP contribution is -2.13. The molecule has 0 saturated heterocycles. The van der Waals surface area contributed by atoms with Gasteiger partial charge in [0.05, 0.1) is 5.56 Å². The van der Waals surface area contributed by atoms with Crippen LogP contribution in [0.4, 0.5) is 5.13 Å². The van der Waals surface area contributed by atoms with Crippen molar-refractivity contribution < 1.29 is 9.53 Å². The van der Waals surface area contributed by atoms with Gasteiger partial charge in [0.25, 0.3) is 5.91 Å². The van der Waals surface area contributed by atoms with E-state index in [1.54, 1.807) is 23.9 Å². The second-order valence-corrected chi connectivity index (χ2v) is 7.52. The summed E-state index contributed by atoms with van der Waals surface area (Å²) in [6.45, 7) is 2.45. The van der Waals surface area contributed by atoms with Crippen molar-refractivity contribution in [1.82, 2.24) is 10.2 Å². The molecule has 0 fully saturated rings. The Balaban J connectivity index is 1.69. The van der Waals surface area contributed by atoms with Crippen molar-refractivity contribution in [1.29, 1.82) is 0 Å². The van der Waals surface area contributed by atoms with Gasteiger partial charge in [0.2, 0.25) is 5.13 Å². The average Bonchev–Trinajstić information content (AvgIpc) is 3.08. The highest BCUT2D eigenvalue weighted by Gasteiger charge is 2.15. The summed E-state index contributed by atoms with van der Waals surface area (Å²) in [6, 6.07) is 17.0. The van der Waals surface area contributed by atoms with Crippen molar-refractivity contribution in [3.8, 4) is 5.75 Å². The third kappa shape index (κ3) is 4.80. The van der Waals surface area contributed by atoms with Crippen LogP contribution in [0.2, 0.25) is 0 Å². The van der Waals surface area contributed by atoms with E-state index in [0.717, 1.165) is 15.7 Å². The molecule has 5 nitrogen and oxygen atoms in total. The fourth-order valence-electron chi connectivity index (χ4n) is 2.12. The number of hydrogen-bond acceptors (Lipinski definition) is 6. The monoisotopic (exact) mass is 371 g/mol. The third-order valence-electron chi connectivity index (χ3n) is 3.26. The summed E-state index contributed by atoms with van der Waals surface area (Å²) in [5.41, 5.74) is 1.52. The Morgan fingerprint density at radius 2 is 1.88 bits per heavy atom. The predicted molar refractivity (Wildman–Crippen MR) is 101 cm³/mol. The Hall–Kier alpha value is -2.38. The van der Waals surface area contributed by atoms with Gasteiger partial charge in [0, 0.05) is 0 Å². The topological polar surface area (TPSA) is 64.1 Å². The molecule has 0 saturated carbocycles. The van der Waals surface area contributed by atoms with Crippen LogP contribution >= 0.6 is 23.1 Å². The van der Waals surface area contributed by atoms with Crippen LogP contribution in [0, 0.1) is 0 Å². The number of ether oxygens (including phenoxy) is 1. The number of nitrogens with zero attached hydrogens (tertiary/aromatic N) is 2. The highest BCUT2D eigenvalue weighted by atomic mass is 32.2. The number of para-hydroxylation sites is 1. The Morgan fingerprint density at radius 1 is 1.12 bits per heavy atom. The minimum absolute atomic E-state index is 0.257. The Labute approximate surface area is 154 Å². The molecule has 1 aromatic heterocycles. The van der Waals surface area contributed by atoms with E-state index in [4.69, 9.17) is 4.74 Å². The van der Waals surface area contributed by atoms with Crippen LogP contribution in [-0.2, 0) is 6.61 Å². The van der Waals surface area contributed by atoms with Crippen molar-refractivity contribution >= 4 is 34.1 Å². The normalized spacial score (nSPS) is 10.4. The van der Waals surface area contributed by atoms with E-state index < -0.39 is 0 Å². The maximum absolute atomic E-state index is 12.6. The van der Waals surface area contributed by atoms with Crippen LogP contribution in [0.15, 0.2) is 58.9 Å². The molecule has 0 aliphatic rings. The third-order valence-corrected chi connectivity index (χ3v) is 5.12. The highest BCUT2D eigenvalue weighted by molar-refractivity contribution is 8.01. The van der Waals surface area contributed by atoms with Gasteiger partial charge in [-0.15, -0.1) is 10.2 Å². The molecule has 0 bridgehead atoms. The van der Waals surface area contributed by atoms with Crippen LogP contribution in [0.5, 0.6) is 5.75 Å². The summed E-state index contributed by atoms with van der Waals surface area (Å²) in [7, 11) is 0. The average molecular weight is 371 g/mol. The molecule has 0 aliphatic heterocycles. The number of benzene rings is 2. The summed E-state index contributed by atoms with van der Waals surface area (Å²) >= 11 is 2.96. The van der Waals surface area contributed by atoms with Crippen molar-refractivity contribution in [2.75, 3.05) is 11.1 Å². The number of thioether (sulfide) groups is 1. The van der Waals surface area contributed by atoms with Crippen molar-refractivity contribution in [3.05, 3.63) is 65.7 Å². The zero-order chi connectivity index (χ0) is 17.5. The van der Waals surface area contributed by atoms with Crippen LogP contribution < -0.4 is 10.1 Å². The van der Waals surface area contributed by atoms with E-state index in [1.165, 1.54) is 11.3 Å². The lowest BCUT2D eigenvalue weighted by Gasteiger charge is -2.10. The fourth-order valence-corrected chi connectivity index (χ4v) is 3.77. The molecule has 0 radical (unpaired) electrons. The molecule has 2 aromatic carbocycles. The van der Waals surface area contributed by atoms with Gasteiger partial charge in [-0.1, -0.05) is 72.5 Å². The molecule has 25 heavy (non-hydrogen) atoms. The van der Waals surface area contributed by atoms with Gasteiger partial charge < -0.3 is 4.74 Å². The smallest absolute Gasteiger partial charge is 0.261 e. The second kappa shape index (κ2) is 8.64. The van der Waals surface area contributed by atoms with Gasteiger partial charge in [-0.05, 0) is 23.4 Å². The number of carbonyl (C=O) groups is 1. The van der Waals surface area contributed by atoms with Gasteiger partial charge in [-0.25, -0.2) is 0 Å². The summed E-state index contributed by atoms with van der Waals surface area (Å²) in [5, 5.41) is 11.3. The summed E-state index contributed by atoms with van der Waals surface area (Å²) in [5.74, 6) is 1.20. The van der Waals surface area contributed by atoms with Crippen LogP contribution in [0.3, 0.4) is 0 Å². The molecule has 0 unspecified atom stereocenters. The summed E-state index contributed by atoms with van der Waals surface area (Å²) in [4.78, 5) is 12.6. The van der Waals surface area contributed by atoms with Crippen LogP contribution in [0.25, 0.3) is 0 Å². The molecule has 0 aliphatic carbocycles. The number of rotatable bonds is 7. The number of carbonyl (C=O) groups excluding carboxylic acids is 1. The SMILES string of the molecule is CCSc1nnc(NC(=O)c2ccccc2OCc2ccccc2)s1. The van der Waals surface area contributed by atoms with E-state index in [-0.39, 0.29) is 5.91 Å². The maximum atomic E-state index is 12.6. The first-order chi connectivity index (χ1) is 12.3. The largest absolute Gasteiger partial charge is 0.488 e. The van der Waals surface area contributed by atoms with Gasteiger partial charge in [0.15, 0.2) is 4.34 Å². The summed E-state index contributed by atoms with van der Waals surface area (Å²) in [6.07, 6.45) is 0. The van der Waals surface area contributed by atoms with Gasteiger partial charge in [0.1, 0.15) is 12.4 Å². The molecule has 1 N–H and O–H groups in total. The lowest BCUT2D eigenvalue weighted by molar-refractivity contribution is 0.102. The van der Waals surface area contributed by atoms with Gasteiger partial charge in [-0.2, -0.15) is 0 Å². The van der Waals surface area contributed by atoms with Crippen molar-refractivity contribution in [2.24, 2.45) is 0 Å². The van der Waals surface area contributed by atoms with E-state index >= 15 is 0 Å². The minimum atomic E-state index is -0.257. The molecular weight excluding hydrogens is 354 g/mol. The second-order valence-electron chi connectivity index (χ2n) is 5.03. The highest BCUT2D eigenvalue weighted by Crippen LogP contribution is 2.26. The Kier molecular flexibility index (Phi) is 6.03. The zero-order valence-corrected chi connectivity index (χ0v) is 15.3. The van der Waals surface area contributed by atoms with Crippen molar-refractivity contribution in [3.63, 3.8) is 0 Å². The molecule has 0 spiro atoms. The minimum Gasteiger partial charge on any atom is -0.488 e. The molecule has 3 aromatic rings. The summed E-state index contributed by atoms with van der Waals surface area (Å²) < 4.78 is 6.67. The molecule has 128 valence electrons. The first-order valence-corrected chi connectivity index (χ1v) is 9.60. The van der Waals surface area contributed by atoms with Gasteiger partial charge >= 0.3 is 0 Å². The standard InChI is InChI=1S/C18H17N3O2S2/c1-2-24-18-21-20-17(25-18)19-16(22)14-10-6-7-11-15(14)23-12-13-8-4-3-5-9-13/h3-11H,2,12H2,1H3,(H,19,20,22). The number of nitrogens with one attached hydrogen (secondary N) is 1. The van der Waals surface area contributed by atoms with E-state index in [0.29, 0.717) is 23.1 Å². The molecule has 1 amide bonds. The van der Waals surface area contributed by atoms with E-state index in [9.17, 15) is 4.79 Å². The number of hydrogen-bond donors (Lipinski definition) is 1. The Morgan fingerprint density at radius 3 is 2.68 bits per heavy atom. The number of anilines is 1. The first kappa shape index (κ1) is 17.4. The number of aromatic nitrogens is 2. The molecule has 3 rings (SSSR count). The lowest BCUT2D eigenvalue weighted by atomic mass is 10.2. The molecular formula is C18H17N3O2S2. The maximum Gasteiger partial charge on any atom is 0.261 e. The zero-order valence-electron chi connectivity index (χ0n) is 13.6.